The van der Waals surface area contributed by atoms with Gasteiger partial charge in [-0.1, -0.05) is 36.8 Å². The van der Waals surface area contributed by atoms with Crippen LogP contribution in [0.5, 0.6) is 0 Å². The van der Waals surface area contributed by atoms with Gasteiger partial charge in [-0.15, -0.1) is 0 Å². The first-order valence-electron chi connectivity index (χ1n) is 7.73. The molecule has 0 spiro atoms. The highest BCUT2D eigenvalue weighted by atomic mass is 16.5. The summed E-state index contributed by atoms with van der Waals surface area (Å²) in [7, 11) is 1.67. The van der Waals surface area contributed by atoms with Crippen LogP contribution in [0.3, 0.4) is 0 Å². The number of methoxy groups -OCH3 is 1. The van der Waals surface area contributed by atoms with Gasteiger partial charge in [-0.2, -0.15) is 0 Å². The second kappa shape index (κ2) is 11.7. The number of rotatable bonds is 12. The van der Waals surface area contributed by atoms with Crippen molar-refractivity contribution in [3.8, 4) is 0 Å². The average molecular weight is 295 g/mol. The monoisotopic (exact) mass is 295 g/mol. The first-order valence-corrected chi connectivity index (χ1v) is 7.73. The molecule has 120 valence electrons. The van der Waals surface area contributed by atoms with Crippen LogP contribution in [0.4, 0.5) is 0 Å². The summed E-state index contributed by atoms with van der Waals surface area (Å²) in [6, 6.07) is 8.49. The molecule has 0 fully saturated rings. The van der Waals surface area contributed by atoms with Crippen molar-refractivity contribution in [3.63, 3.8) is 0 Å². The molecule has 1 N–H and O–H groups in total. The van der Waals surface area contributed by atoms with Crippen molar-refractivity contribution in [2.24, 2.45) is 0 Å². The molecule has 1 unspecified atom stereocenters. The molecule has 1 rings (SSSR count). The highest BCUT2D eigenvalue weighted by Gasteiger charge is 2.11. The van der Waals surface area contributed by atoms with Crippen LogP contribution in [-0.4, -0.2) is 46.6 Å². The quantitative estimate of drug-likeness (QED) is 0.602. The minimum Gasteiger partial charge on any atom is -0.382 e. The Labute approximate surface area is 128 Å². The zero-order valence-corrected chi connectivity index (χ0v) is 13.6. The molecule has 0 aromatic heterocycles. The van der Waals surface area contributed by atoms with Crippen LogP contribution in [-0.2, 0) is 14.2 Å². The van der Waals surface area contributed by atoms with E-state index in [0.717, 1.165) is 19.5 Å². The number of hydrogen-bond acceptors (Lipinski definition) is 4. The lowest BCUT2D eigenvalue weighted by Crippen LogP contribution is -2.25. The topological polar surface area (TPSA) is 39.7 Å². The molecule has 0 bridgehead atoms. The smallest absolute Gasteiger partial charge is 0.0950 e. The molecule has 1 aromatic carbocycles. The van der Waals surface area contributed by atoms with E-state index in [1.165, 1.54) is 11.1 Å². The van der Waals surface area contributed by atoms with Gasteiger partial charge in [0.05, 0.1) is 32.5 Å². The second-order valence-electron chi connectivity index (χ2n) is 5.08. The second-order valence-corrected chi connectivity index (χ2v) is 5.08. The summed E-state index contributed by atoms with van der Waals surface area (Å²) >= 11 is 0. The first-order chi connectivity index (χ1) is 10.3. The Morgan fingerprint density at radius 2 is 1.95 bits per heavy atom. The number of ether oxygens (including phenoxy) is 3. The van der Waals surface area contributed by atoms with Crippen LogP contribution < -0.4 is 5.32 Å². The van der Waals surface area contributed by atoms with Crippen molar-refractivity contribution in [1.82, 2.24) is 5.32 Å². The Kier molecular flexibility index (Phi) is 10.1. The Hall–Kier alpha value is -0.940. The lowest BCUT2D eigenvalue weighted by molar-refractivity contribution is -0.00681. The highest BCUT2D eigenvalue weighted by Crippen LogP contribution is 2.17. The van der Waals surface area contributed by atoms with Crippen molar-refractivity contribution in [1.29, 1.82) is 0 Å². The fourth-order valence-corrected chi connectivity index (χ4v) is 2.05. The van der Waals surface area contributed by atoms with E-state index in [4.69, 9.17) is 14.2 Å². The van der Waals surface area contributed by atoms with Gasteiger partial charge in [-0.25, -0.2) is 0 Å². The maximum Gasteiger partial charge on any atom is 0.0950 e. The zero-order valence-electron chi connectivity index (χ0n) is 13.6. The summed E-state index contributed by atoms with van der Waals surface area (Å²) in [6.45, 7) is 8.54. The molecule has 21 heavy (non-hydrogen) atoms. The Morgan fingerprint density at radius 3 is 2.67 bits per heavy atom. The third-order valence-corrected chi connectivity index (χ3v) is 3.15. The maximum atomic E-state index is 5.98. The average Bonchev–Trinajstić information content (AvgIpc) is 2.49. The van der Waals surface area contributed by atoms with Crippen molar-refractivity contribution in [2.75, 3.05) is 46.6 Å². The fourth-order valence-electron chi connectivity index (χ4n) is 2.05. The summed E-state index contributed by atoms with van der Waals surface area (Å²) < 4.78 is 16.4. The molecule has 4 nitrogen and oxygen atoms in total. The lowest BCUT2D eigenvalue weighted by Gasteiger charge is -2.19. The third kappa shape index (κ3) is 8.17. The molecular weight excluding hydrogens is 266 g/mol. The van der Waals surface area contributed by atoms with Crippen molar-refractivity contribution < 1.29 is 14.2 Å². The van der Waals surface area contributed by atoms with Gasteiger partial charge in [-0.05, 0) is 25.5 Å². The molecule has 0 amide bonds. The number of aryl methyl sites for hydroxylation is 1. The largest absolute Gasteiger partial charge is 0.382 e. The van der Waals surface area contributed by atoms with Gasteiger partial charge < -0.3 is 19.5 Å². The fraction of sp³-hybridized carbons (Fsp3) is 0.647. The van der Waals surface area contributed by atoms with Gasteiger partial charge in [0, 0.05) is 13.7 Å². The van der Waals surface area contributed by atoms with Crippen molar-refractivity contribution in [2.45, 2.75) is 26.4 Å². The minimum absolute atomic E-state index is 0.0717. The molecule has 0 saturated heterocycles. The van der Waals surface area contributed by atoms with E-state index in [0.29, 0.717) is 26.4 Å². The summed E-state index contributed by atoms with van der Waals surface area (Å²) in [5, 5.41) is 3.43. The first kappa shape index (κ1) is 18.1. The Bertz CT molecular complexity index is 371. The van der Waals surface area contributed by atoms with Gasteiger partial charge >= 0.3 is 0 Å². The molecule has 0 aliphatic carbocycles. The van der Waals surface area contributed by atoms with Crippen molar-refractivity contribution in [3.05, 3.63) is 35.4 Å². The molecule has 0 heterocycles. The molecule has 4 heteroatoms. The zero-order chi connectivity index (χ0) is 15.3. The van der Waals surface area contributed by atoms with E-state index in [1.807, 2.05) is 0 Å². The van der Waals surface area contributed by atoms with Gasteiger partial charge in [0.1, 0.15) is 0 Å². The predicted octanol–water partition coefficient (Wildman–Crippen LogP) is 2.72. The van der Waals surface area contributed by atoms with Crippen LogP contribution >= 0.6 is 0 Å². The molecular formula is C17H29NO3. The van der Waals surface area contributed by atoms with Crippen LogP contribution in [0.15, 0.2) is 24.3 Å². The summed E-state index contributed by atoms with van der Waals surface area (Å²) in [6.07, 6.45) is 1.20. The molecule has 0 aliphatic heterocycles. The van der Waals surface area contributed by atoms with E-state index in [2.05, 4.69) is 43.4 Å². The molecule has 0 radical (unpaired) electrons. The van der Waals surface area contributed by atoms with Crippen LogP contribution in [0.1, 0.15) is 30.6 Å². The third-order valence-electron chi connectivity index (χ3n) is 3.15. The Balaban J connectivity index is 2.41. The van der Waals surface area contributed by atoms with E-state index in [1.54, 1.807) is 7.11 Å². The van der Waals surface area contributed by atoms with E-state index < -0.39 is 0 Å². The van der Waals surface area contributed by atoms with Crippen LogP contribution in [0.25, 0.3) is 0 Å². The van der Waals surface area contributed by atoms with E-state index in [9.17, 15) is 0 Å². The number of nitrogens with one attached hydrogen (secondary N) is 1. The summed E-state index contributed by atoms with van der Waals surface area (Å²) in [5.41, 5.74) is 2.48. The van der Waals surface area contributed by atoms with Crippen molar-refractivity contribution >= 4 is 0 Å². The maximum absolute atomic E-state index is 5.98. The molecule has 0 aliphatic rings. The number of hydrogen-bond donors (Lipinski definition) is 1. The highest BCUT2D eigenvalue weighted by molar-refractivity contribution is 5.24. The van der Waals surface area contributed by atoms with Gasteiger partial charge in [0.2, 0.25) is 0 Å². The SMILES string of the molecule is CCCNCC(OCCOCCOC)c1cccc(C)c1. The molecule has 1 atom stereocenters. The summed E-state index contributed by atoms with van der Waals surface area (Å²) in [5.74, 6) is 0. The van der Waals surface area contributed by atoms with E-state index >= 15 is 0 Å². The molecule has 0 saturated carbocycles. The van der Waals surface area contributed by atoms with Crippen LogP contribution in [0.2, 0.25) is 0 Å². The normalized spacial score (nSPS) is 12.5. The molecule has 1 aromatic rings. The number of benzene rings is 1. The van der Waals surface area contributed by atoms with Crippen LogP contribution in [0, 0.1) is 6.92 Å². The summed E-state index contributed by atoms with van der Waals surface area (Å²) in [4.78, 5) is 0. The van der Waals surface area contributed by atoms with E-state index in [-0.39, 0.29) is 6.10 Å². The van der Waals surface area contributed by atoms with Gasteiger partial charge in [0.25, 0.3) is 0 Å². The minimum atomic E-state index is 0.0717. The lowest BCUT2D eigenvalue weighted by atomic mass is 10.1. The standard InChI is InChI=1S/C17H29NO3/c1-4-8-18-14-17(16-7-5-6-15(2)13-16)21-12-11-20-10-9-19-3/h5-7,13,17-18H,4,8-12,14H2,1-3H3. The Morgan fingerprint density at radius 1 is 1.14 bits per heavy atom. The van der Waals surface area contributed by atoms with Gasteiger partial charge in [-0.3, -0.25) is 0 Å². The predicted molar refractivity (Wildman–Crippen MR) is 85.7 cm³/mol. The van der Waals surface area contributed by atoms with Gasteiger partial charge in [0.15, 0.2) is 0 Å².